The maximum absolute atomic E-state index is 13.1. The van der Waals surface area contributed by atoms with E-state index in [0.717, 1.165) is 24.0 Å². The number of aliphatic hydroxyl groups is 1. The first-order valence-corrected chi connectivity index (χ1v) is 19.1. The number of rotatable bonds is 11. The van der Waals surface area contributed by atoms with Crippen LogP contribution >= 0.6 is 23.2 Å². The number of hydrogen-bond acceptors (Lipinski definition) is 11. The molecule has 4 aromatic heterocycles. The first-order chi connectivity index (χ1) is 28.6. The van der Waals surface area contributed by atoms with Crippen LogP contribution in [0.4, 0.5) is 0 Å². The zero-order valence-electron chi connectivity index (χ0n) is 31.9. The molecule has 1 unspecified atom stereocenters. The summed E-state index contributed by atoms with van der Waals surface area (Å²) < 4.78 is 27.5. The summed E-state index contributed by atoms with van der Waals surface area (Å²) in [6.07, 6.45) is 7.88. The zero-order chi connectivity index (χ0) is 41.2. The van der Waals surface area contributed by atoms with Gasteiger partial charge in [0.1, 0.15) is 19.3 Å². The predicted octanol–water partition coefficient (Wildman–Crippen LogP) is 6.58. The van der Waals surface area contributed by atoms with Gasteiger partial charge in [0.2, 0.25) is 11.3 Å². The van der Waals surface area contributed by atoms with E-state index in [9.17, 15) is 14.7 Å². The predicted molar refractivity (Wildman–Crippen MR) is 222 cm³/mol. The van der Waals surface area contributed by atoms with Crippen LogP contribution in [0.25, 0.3) is 45.2 Å². The van der Waals surface area contributed by atoms with E-state index in [-0.39, 0.29) is 29.0 Å². The first-order valence-electron chi connectivity index (χ1n) is 18.3. The van der Waals surface area contributed by atoms with Crippen LogP contribution in [0.5, 0.6) is 23.0 Å². The van der Waals surface area contributed by atoms with Crippen molar-refractivity contribution in [2.45, 2.75) is 18.9 Å². The summed E-state index contributed by atoms with van der Waals surface area (Å²) in [5.74, 6) is 2.39. The number of benzene rings is 4. The molecule has 1 aliphatic carbocycles. The molecule has 0 spiro atoms. The van der Waals surface area contributed by atoms with Crippen LogP contribution in [-0.2, 0) is 0 Å². The van der Waals surface area contributed by atoms with Crippen LogP contribution < -0.4 is 30.1 Å². The Labute approximate surface area is 346 Å². The lowest BCUT2D eigenvalue weighted by atomic mass is 10.2. The second-order valence-electron chi connectivity index (χ2n) is 13.5. The summed E-state index contributed by atoms with van der Waals surface area (Å²) >= 11 is 11.9. The Bertz CT molecular complexity index is 2910. The molecule has 59 heavy (non-hydrogen) atoms. The van der Waals surface area contributed by atoms with E-state index in [4.69, 9.17) is 42.1 Å². The molecular formula is C42H36Cl2N8O7. The van der Waals surface area contributed by atoms with Crippen molar-refractivity contribution < 1.29 is 24.1 Å². The Kier molecular flexibility index (Phi) is 11.1. The highest BCUT2D eigenvalue weighted by molar-refractivity contribution is 6.30. The number of halogens is 2. The molecule has 0 saturated heterocycles. The highest BCUT2D eigenvalue weighted by Gasteiger charge is 2.30. The topological polar surface area (TPSA) is 162 Å². The number of methoxy groups -OCH3 is 3. The second kappa shape index (κ2) is 16.7. The minimum atomic E-state index is -0.483. The third-order valence-corrected chi connectivity index (χ3v) is 10.2. The van der Waals surface area contributed by atoms with Gasteiger partial charge in [0.15, 0.2) is 23.0 Å². The molecule has 8 aromatic rings. The molecular weight excluding hydrogens is 799 g/mol. The van der Waals surface area contributed by atoms with E-state index >= 15 is 0 Å². The summed E-state index contributed by atoms with van der Waals surface area (Å²) in [5.41, 5.74) is 3.92. The van der Waals surface area contributed by atoms with Gasteiger partial charge in [0.05, 0.1) is 62.6 Å². The fourth-order valence-electron chi connectivity index (χ4n) is 6.32. The summed E-state index contributed by atoms with van der Waals surface area (Å²) in [7, 11) is 4.62. The third kappa shape index (κ3) is 8.21. The van der Waals surface area contributed by atoms with Gasteiger partial charge in [0, 0.05) is 33.3 Å². The molecule has 1 saturated carbocycles. The lowest BCUT2D eigenvalue weighted by Crippen LogP contribution is -2.22. The van der Waals surface area contributed by atoms with Crippen molar-refractivity contribution in [1.29, 1.82) is 0 Å². The largest absolute Gasteiger partial charge is 0.493 e. The van der Waals surface area contributed by atoms with Crippen LogP contribution in [0.2, 0.25) is 10.0 Å². The maximum Gasteiger partial charge on any atom is 0.301 e. The van der Waals surface area contributed by atoms with Gasteiger partial charge in [-0.25, -0.2) is 19.0 Å². The van der Waals surface area contributed by atoms with Crippen molar-refractivity contribution in [3.05, 3.63) is 141 Å². The van der Waals surface area contributed by atoms with Crippen molar-refractivity contribution in [2.75, 3.05) is 27.9 Å². The average molecular weight is 836 g/mol. The minimum Gasteiger partial charge on any atom is -0.493 e. The monoisotopic (exact) mass is 834 g/mol. The van der Waals surface area contributed by atoms with Gasteiger partial charge in [-0.05, 0) is 67.3 Å². The Hall–Kier alpha value is -6.68. The maximum atomic E-state index is 13.1. The third-order valence-electron chi connectivity index (χ3n) is 9.71. The summed E-state index contributed by atoms with van der Waals surface area (Å²) in [6, 6.07) is 24.8. The van der Waals surface area contributed by atoms with E-state index in [1.807, 2.05) is 24.3 Å². The molecule has 15 nitrogen and oxygen atoms in total. The normalized spacial score (nSPS) is 12.8. The molecule has 0 bridgehead atoms. The highest BCUT2D eigenvalue weighted by atomic mass is 35.5. The molecule has 9 rings (SSSR count). The summed E-state index contributed by atoms with van der Waals surface area (Å²) in [6.45, 7) is 0.204. The molecule has 0 aliphatic heterocycles. The van der Waals surface area contributed by atoms with Crippen LogP contribution in [0.3, 0.4) is 0 Å². The Morgan fingerprint density at radius 3 is 1.53 bits per heavy atom. The van der Waals surface area contributed by atoms with Crippen molar-refractivity contribution in [3.63, 3.8) is 0 Å². The van der Waals surface area contributed by atoms with Gasteiger partial charge < -0.3 is 24.1 Å². The number of imidazole rings is 2. The van der Waals surface area contributed by atoms with Crippen LogP contribution in [0.1, 0.15) is 12.8 Å². The molecule has 1 aliphatic rings. The number of hydrogen-bond donors (Lipinski definition) is 1. The van der Waals surface area contributed by atoms with E-state index in [2.05, 4.69) is 20.2 Å². The van der Waals surface area contributed by atoms with E-state index in [1.54, 1.807) is 87.3 Å². The van der Waals surface area contributed by atoms with E-state index in [0.29, 0.717) is 61.7 Å². The van der Waals surface area contributed by atoms with Gasteiger partial charge in [0.25, 0.3) is 0 Å². The lowest BCUT2D eigenvalue weighted by molar-refractivity contribution is 0.0880. The fraction of sp³-hybridized carbons (Fsp3) is 0.190. The van der Waals surface area contributed by atoms with E-state index in [1.165, 1.54) is 37.9 Å². The summed E-state index contributed by atoms with van der Waals surface area (Å²) in [5, 5.41) is 19.9. The Balaban J connectivity index is 0.000000167. The molecule has 0 radical (unpaired) electrons. The zero-order valence-corrected chi connectivity index (χ0v) is 33.4. The number of ether oxygens (including phenoxy) is 4. The molecule has 300 valence electrons. The molecule has 0 amide bonds. The van der Waals surface area contributed by atoms with Gasteiger partial charge >= 0.3 is 11.1 Å². The Morgan fingerprint density at radius 1 is 0.644 bits per heavy atom. The standard InChI is InChI=1S/C23H21ClN4O4.C19H15ClN4O3/c1-31-21-10-17(8-9-20(21)32-12-19(29)15-2-3-15)27-13-25-28-11-18(26-22(28)23(27)30)14-4-6-16(24)7-5-14;1-26-16-8-7-14(9-17(16)27-2)23-11-21-24-10-15(22-18(24)19(23)25)12-3-5-13(20)6-4-12/h4-11,13,15,19,29H,2-3,12H2,1H3;3-11H,1-2H3. The van der Waals surface area contributed by atoms with Gasteiger partial charge in [-0.3, -0.25) is 18.7 Å². The van der Waals surface area contributed by atoms with Crippen molar-refractivity contribution >= 4 is 34.5 Å². The Morgan fingerprint density at radius 2 is 1.08 bits per heavy atom. The fourth-order valence-corrected chi connectivity index (χ4v) is 6.58. The summed E-state index contributed by atoms with van der Waals surface area (Å²) in [4.78, 5) is 35.0. The SMILES string of the molecule is COc1cc(-n2cnn3cc(-c4ccc(Cl)cc4)nc3c2=O)ccc1OCC(O)C1CC1.COc1ccc(-n2cnn3cc(-c4ccc(Cl)cc4)nc3c2=O)cc1OC. The number of fused-ring (bicyclic) bond motifs is 2. The van der Waals surface area contributed by atoms with Crippen LogP contribution in [0, 0.1) is 5.92 Å². The molecule has 17 heteroatoms. The first kappa shape index (κ1) is 39.2. The smallest absolute Gasteiger partial charge is 0.301 e. The lowest BCUT2D eigenvalue weighted by Gasteiger charge is -2.15. The minimum absolute atomic E-state index is 0.198. The van der Waals surface area contributed by atoms with Crippen LogP contribution in [-0.4, -0.2) is 77.5 Å². The van der Waals surface area contributed by atoms with Crippen molar-refractivity contribution in [3.8, 4) is 56.9 Å². The molecule has 1 fully saturated rings. The van der Waals surface area contributed by atoms with Gasteiger partial charge in [-0.2, -0.15) is 10.2 Å². The molecule has 1 atom stereocenters. The highest BCUT2D eigenvalue weighted by Crippen LogP contribution is 2.35. The van der Waals surface area contributed by atoms with E-state index < -0.39 is 6.10 Å². The second-order valence-corrected chi connectivity index (χ2v) is 14.4. The average Bonchev–Trinajstić information content (AvgIpc) is 3.87. The number of nitrogens with zero attached hydrogens (tertiary/aromatic N) is 8. The van der Waals surface area contributed by atoms with Crippen molar-refractivity contribution in [1.82, 2.24) is 38.3 Å². The number of aliphatic hydroxyl groups excluding tert-OH is 1. The van der Waals surface area contributed by atoms with Gasteiger partial charge in [-0.15, -0.1) is 0 Å². The van der Waals surface area contributed by atoms with Gasteiger partial charge in [-0.1, -0.05) is 47.5 Å². The van der Waals surface area contributed by atoms with Crippen LogP contribution in [0.15, 0.2) is 120 Å². The molecule has 1 N–H and O–H groups in total. The quantitative estimate of drug-likeness (QED) is 0.150. The molecule has 4 heterocycles. The van der Waals surface area contributed by atoms with Crippen molar-refractivity contribution in [2.24, 2.45) is 5.92 Å². The molecule has 4 aromatic carbocycles. The number of aromatic nitrogens is 8.